The number of hydrogen-bond acceptors (Lipinski definition) is 8. The second kappa shape index (κ2) is 10.9. The van der Waals surface area contributed by atoms with Crippen molar-refractivity contribution < 1.29 is 67.8 Å². The van der Waals surface area contributed by atoms with Gasteiger partial charge in [-0.1, -0.05) is 0 Å². The van der Waals surface area contributed by atoms with Crippen LogP contribution in [-0.4, -0.2) is 54.4 Å². The van der Waals surface area contributed by atoms with Gasteiger partial charge in [-0.3, -0.25) is 4.57 Å². The molecule has 11 heteroatoms. The van der Waals surface area contributed by atoms with Crippen LogP contribution in [0, 0.1) is 0 Å². The average Bonchev–Trinajstić information content (AvgIpc) is 2.29. The molecular formula is C10H21NNaO8P. The summed E-state index contributed by atoms with van der Waals surface area (Å²) in [7, 11) is -4.57. The van der Waals surface area contributed by atoms with E-state index in [-0.39, 0.29) is 42.7 Å². The molecule has 21 heavy (non-hydrogen) atoms. The molecule has 0 aliphatic carbocycles. The standard InChI is InChI=1S/C10H22NO8P.Na/c1-10(2,3)19-9(14)11-4-5-17-20(15,16)18-7-8(13)6-12;/h8,12-13H,4-7H2,1-3H3,(H,11,14)(H,15,16);/q;+1/p-1/t8-;/m1./s1. The van der Waals surface area contributed by atoms with Crippen LogP contribution < -0.4 is 39.8 Å². The first-order valence-corrected chi connectivity index (χ1v) is 7.38. The molecule has 0 saturated carbocycles. The molecule has 0 aromatic heterocycles. The topological polar surface area (TPSA) is 137 Å². The summed E-state index contributed by atoms with van der Waals surface area (Å²) in [6.45, 7) is 3.42. The van der Waals surface area contributed by atoms with Gasteiger partial charge in [0.2, 0.25) is 0 Å². The van der Waals surface area contributed by atoms with E-state index in [1.165, 1.54) is 0 Å². The molecule has 1 unspecified atom stereocenters. The third-order valence-electron chi connectivity index (χ3n) is 1.66. The number of hydrogen-bond donors (Lipinski definition) is 3. The summed E-state index contributed by atoms with van der Waals surface area (Å²) in [5.74, 6) is 0. The van der Waals surface area contributed by atoms with E-state index in [0.29, 0.717) is 0 Å². The summed E-state index contributed by atoms with van der Waals surface area (Å²) < 4.78 is 24.8. The Morgan fingerprint density at radius 1 is 1.38 bits per heavy atom. The maximum Gasteiger partial charge on any atom is 1.00 e. The second-order valence-corrected chi connectivity index (χ2v) is 6.25. The van der Waals surface area contributed by atoms with Crippen LogP contribution in [0.5, 0.6) is 0 Å². The number of carbonyl (C=O) groups excluding carboxylic acids is 1. The van der Waals surface area contributed by atoms with Gasteiger partial charge in [0.1, 0.15) is 11.7 Å². The van der Waals surface area contributed by atoms with Crippen molar-refractivity contribution in [2.24, 2.45) is 0 Å². The number of rotatable bonds is 8. The van der Waals surface area contributed by atoms with Crippen molar-refractivity contribution in [1.29, 1.82) is 0 Å². The number of aliphatic hydroxyl groups is 2. The summed E-state index contributed by atoms with van der Waals surface area (Å²) in [6.07, 6.45) is -2.00. The molecule has 0 bridgehead atoms. The zero-order valence-electron chi connectivity index (χ0n) is 12.7. The van der Waals surface area contributed by atoms with Crippen molar-refractivity contribution in [2.75, 3.05) is 26.4 Å². The van der Waals surface area contributed by atoms with Crippen molar-refractivity contribution in [3.05, 3.63) is 0 Å². The number of aliphatic hydroxyl groups excluding tert-OH is 2. The van der Waals surface area contributed by atoms with Crippen LogP contribution in [0.1, 0.15) is 20.8 Å². The zero-order chi connectivity index (χ0) is 15.8. The van der Waals surface area contributed by atoms with Gasteiger partial charge in [-0.15, -0.1) is 0 Å². The molecule has 0 spiro atoms. The van der Waals surface area contributed by atoms with E-state index >= 15 is 0 Å². The Kier molecular flexibility index (Phi) is 12.3. The van der Waals surface area contributed by atoms with Gasteiger partial charge in [0.15, 0.2) is 0 Å². The van der Waals surface area contributed by atoms with E-state index in [0.717, 1.165) is 0 Å². The minimum Gasteiger partial charge on any atom is -0.756 e. The Morgan fingerprint density at radius 3 is 2.43 bits per heavy atom. The average molecular weight is 337 g/mol. The van der Waals surface area contributed by atoms with E-state index in [4.69, 9.17) is 14.9 Å². The van der Waals surface area contributed by atoms with Crippen molar-refractivity contribution in [3.63, 3.8) is 0 Å². The van der Waals surface area contributed by atoms with Crippen LogP contribution in [0.15, 0.2) is 0 Å². The van der Waals surface area contributed by atoms with Crippen LogP contribution in [-0.2, 0) is 18.3 Å². The maximum atomic E-state index is 11.2. The number of alkyl carbamates (subject to hydrolysis) is 1. The largest absolute Gasteiger partial charge is 1.00 e. The Balaban J connectivity index is 0. The van der Waals surface area contributed by atoms with Gasteiger partial charge in [-0.2, -0.15) is 0 Å². The maximum absolute atomic E-state index is 11.2. The van der Waals surface area contributed by atoms with Gasteiger partial charge in [0.25, 0.3) is 7.82 Å². The van der Waals surface area contributed by atoms with Gasteiger partial charge in [-0.25, -0.2) is 4.79 Å². The molecule has 120 valence electrons. The molecule has 0 aromatic carbocycles. The van der Waals surface area contributed by atoms with Crippen LogP contribution >= 0.6 is 7.82 Å². The third-order valence-corrected chi connectivity index (χ3v) is 2.62. The number of nitrogens with one attached hydrogen (secondary N) is 1. The molecule has 3 N–H and O–H groups in total. The van der Waals surface area contributed by atoms with Crippen molar-refractivity contribution in [2.45, 2.75) is 32.5 Å². The minimum atomic E-state index is -4.57. The molecule has 0 aliphatic heterocycles. The Labute approximate surface area is 145 Å². The van der Waals surface area contributed by atoms with Crippen LogP contribution in [0.2, 0.25) is 0 Å². The number of phosphoric acid groups is 1. The fraction of sp³-hybridized carbons (Fsp3) is 0.900. The number of ether oxygens (including phenoxy) is 1. The molecule has 9 nitrogen and oxygen atoms in total. The van der Waals surface area contributed by atoms with Gasteiger partial charge in [-0.05, 0) is 20.8 Å². The van der Waals surface area contributed by atoms with Gasteiger partial charge in [0, 0.05) is 6.54 Å². The summed E-state index contributed by atoms with van der Waals surface area (Å²) in [4.78, 5) is 22.4. The second-order valence-electron chi connectivity index (χ2n) is 4.84. The van der Waals surface area contributed by atoms with Crippen LogP contribution in [0.4, 0.5) is 4.79 Å². The van der Waals surface area contributed by atoms with Gasteiger partial charge in [0.05, 0.1) is 19.8 Å². The molecule has 2 atom stereocenters. The first-order valence-electron chi connectivity index (χ1n) is 5.91. The monoisotopic (exact) mass is 337 g/mol. The molecule has 1 amide bonds. The zero-order valence-corrected chi connectivity index (χ0v) is 15.6. The molecule has 0 aliphatic rings. The van der Waals surface area contributed by atoms with E-state index in [9.17, 15) is 14.3 Å². The Bertz CT molecular complexity index is 348. The summed E-state index contributed by atoms with van der Waals surface area (Å²) in [5, 5.41) is 19.7. The quantitative estimate of drug-likeness (QED) is 0.234. The SMILES string of the molecule is CC(C)(C)OC(=O)NCCOP(=O)([O-])OC[C@H](O)CO.[Na+]. The predicted octanol–water partition coefficient (Wildman–Crippen LogP) is -3.63. The normalized spacial score (nSPS) is 15.5. The molecule has 0 aromatic rings. The number of carbonyl (C=O) groups is 1. The van der Waals surface area contributed by atoms with E-state index in [1.807, 2.05) is 0 Å². The van der Waals surface area contributed by atoms with Crippen molar-refractivity contribution >= 4 is 13.9 Å². The third kappa shape index (κ3) is 15.0. The number of amides is 1. The van der Waals surface area contributed by atoms with Crippen molar-refractivity contribution in [3.8, 4) is 0 Å². The molecule has 0 saturated heterocycles. The van der Waals surface area contributed by atoms with E-state index in [1.54, 1.807) is 20.8 Å². The molecule has 0 fully saturated rings. The fourth-order valence-corrected chi connectivity index (χ4v) is 1.64. The predicted molar refractivity (Wildman–Crippen MR) is 66.8 cm³/mol. The van der Waals surface area contributed by atoms with Gasteiger partial charge < -0.3 is 34.2 Å². The smallest absolute Gasteiger partial charge is 0.756 e. The number of phosphoric ester groups is 1. The Morgan fingerprint density at radius 2 is 1.95 bits per heavy atom. The van der Waals surface area contributed by atoms with Crippen LogP contribution in [0.25, 0.3) is 0 Å². The van der Waals surface area contributed by atoms with Crippen molar-refractivity contribution in [1.82, 2.24) is 5.32 Å². The first-order chi connectivity index (χ1) is 9.06. The fourth-order valence-electron chi connectivity index (χ4n) is 0.892. The van der Waals surface area contributed by atoms with E-state index < -0.39 is 38.8 Å². The molecule has 0 rings (SSSR count). The van der Waals surface area contributed by atoms with Crippen LogP contribution in [0.3, 0.4) is 0 Å². The minimum absolute atomic E-state index is 0. The summed E-state index contributed by atoms with van der Waals surface area (Å²) in [6, 6.07) is 0. The Hall–Kier alpha value is 0.300. The van der Waals surface area contributed by atoms with Gasteiger partial charge >= 0.3 is 35.7 Å². The summed E-state index contributed by atoms with van der Waals surface area (Å²) >= 11 is 0. The molecule has 0 radical (unpaired) electrons. The first kappa shape index (κ1) is 23.6. The summed E-state index contributed by atoms with van der Waals surface area (Å²) in [5.41, 5.74) is -0.650. The molecular weight excluding hydrogens is 316 g/mol. The molecule has 0 heterocycles. The van der Waals surface area contributed by atoms with E-state index in [2.05, 4.69) is 14.4 Å².